The zero-order valence-corrected chi connectivity index (χ0v) is 18.0. The van der Waals surface area contributed by atoms with Crippen LogP contribution in [0.1, 0.15) is 41.3 Å². The molecule has 0 bridgehead atoms. The van der Waals surface area contributed by atoms with E-state index < -0.39 is 0 Å². The van der Waals surface area contributed by atoms with E-state index in [1.54, 1.807) is 6.07 Å². The predicted molar refractivity (Wildman–Crippen MR) is 114 cm³/mol. The lowest BCUT2D eigenvalue weighted by Gasteiger charge is -2.32. The molecular formula is C22H27BrN2O3. The number of aromatic hydroxyl groups is 1. The summed E-state index contributed by atoms with van der Waals surface area (Å²) in [7, 11) is 1.50. The summed E-state index contributed by atoms with van der Waals surface area (Å²) in [5, 5.41) is 13.6. The molecule has 1 aliphatic heterocycles. The maximum absolute atomic E-state index is 12.9. The van der Waals surface area contributed by atoms with Crippen LogP contribution >= 0.6 is 15.9 Å². The number of hydrogen-bond acceptors (Lipinski definition) is 4. The summed E-state index contributed by atoms with van der Waals surface area (Å²) in [6, 6.07) is 12.3. The summed E-state index contributed by atoms with van der Waals surface area (Å²) in [6.07, 6.45) is 2.40. The minimum Gasteiger partial charge on any atom is -0.507 e. The van der Waals surface area contributed by atoms with Gasteiger partial charge in [-0.25, -0.2) is 0 Å². The molecule has 0 aromatic heterocycles. The average Bonchev–Trinajstić information content (AvgIpc) is 2.71. The largest absolute Gasteiger partial charge is 0.507 e. The van der Waals surface area contributed by atoms with E-state index in [0.29, 0.717) is 16.6 Å². The molecule has 5 nitrogen and oxygen atoms in total. The maximum atomic E-state index is 12.9. The van der Waals surface area contributed by atoms with Crippen LogP contribution in [0.3, 0.4) is 0 Å². The Balaban J connectivity index is 1.64. The molecule has 0 aliphatic carbocycles. The molecule has 28 heavy (non-hydrogen) atoms. The number of aryl methyl sites for hydroxylation is 1. The van der Waals surface area contributed by atoms with Gasteiger partial charge >= 0.3 is 0 Å². The highest BCUT2D eigenvalue weighted by atomic mass is 79.9. The molecule has 1 amide bonds. The van der Waals surface area contributed by atoms with Gasteiger partial charge in [0.1, 0.15) is 17.1 Å². The zero-order chi connectivity index (χ0) is 20.1. The van der Waals surface area contributed by atoms with Gasteiger partial charge in [-0.1, -0.05) is 37.3 Å². The second-order valence-corrected chi connectivity index (χ2v) is 7.99. The first-order valence-electron chi connectivity index (χ1n) is 9.69. The Bertz CT molecular complexity index is 818. The van der Waals surface area contributed by atoms with Crippen molar-refractivity contribution in [1.29, 1.82) is 0 Å². The number of ether oxygens (including phenoxy) is 1. The first-order chi connectivity index (χ1) is 13.5. The van der Waals surface area contributed by atoms with Crippen molar-refractivity contribution < 1.29 is 14.6 Å². The minimum atomic E-state index is -0.285. The number of piperidine rings is 1. The first-order valence-corrected chi connectivity index (χ1v) is 10.5. The van der Waals surface area contributed by atoms with Crippen LogP contribution < -0.4 is 10.1 Å². The monoisotopic (exact) mass is 446 g/mol. The van der Waals surface area contributed by atoms with Crippen LogP contribution in [0.25, 0.3) is 0 Å². The number of hydrogen-bond donors (Lipinski definition) is 2. The van der Waals surface area contributed by atoms with Crippen LogP contribution in [0, 0.1) is 0 Å². The number of amides is 1. The lowest BCUT2D eigenvalue weighted by atomic mass is 10.0. The van der Waals surface area contributed by atoms with Gasteiger partial charge in [-0.3, -0.25) is 9.69 Å². The highest BCUT2D eigenvalue weighted by molar-refractivity contribution is 9.10. The predicted octanol–water partition coefficient (Wildman–Crippen LogP) is 4.12. The van der Waals surface area contributed by atoms with E-state index in [0.717, 1.165) is 38.0 Å². The van der Waals surface area contributed by atoms with Gasteiger partial charge in [-0.05, 0) is 52.4 Å². The van der Waals surface area contributed by atoms with Crippen LogP contribution in [-0.2, 0) is 13.0 Å². The molecule has 2 N–H and O–H groups in total. The number of benzene rings is 2. The SMILES string of the molecule is CCc1cc(Br)c(OC)c(C(=O)NC2CCN(Cc3ccccc3)CC2)c1O. The Kier molecular flexibility index (Phi) is 6.97. The van der Waals surface area contributed by atoms with Crippen molar-refractivity contribution in [3.63, 3.8) is 0 Å². The highest BCUT2D eigenvalue weighted by Gasteiger charge is 2.26. The number of halogens is 1. The fourth-order valence-corrected chi connectivity index (χ4v) is 4.33. The average molecular weight is 447 g/mol. The summed E-state index contributed by atoms with van der Waals surface area (Å²) in [5.41, 5.74) is 2.23. The quantitative estimate of drug-likeness (QED) is 0.700. The molecule has 2 aromatic rings. The molecule has 150 valence electrons. The van der Waals surface area contributed by atoms with Crippen LogP contribution in [0.2, 0.25) is 0 Å². The number of carbonyl (C=O) groups excluding carboxylic acids is 1. The van der Waals surface area contributed by atoms with E-state index in [1.807, 2.05) is 13.0 Å². The first kappa shape index (κ1) is 20.7. The molecule has 0 radical (unpaired) electrons. The van der Waals surface area contributed by atoms with Crippen molar-refractivity contribution in [3.8, 4) is 11.5 Å². The standard InChI is InChI=1S/C22H27BrN2O3/c1-3-16-13-18(23)21(28-2)19(20(16)26)22(27)24-17-9-11-25(12-10-17)14-15-7-5-4-6-8-15/h4-8,13,17,26H,3,9-12,14H2,1-2H3,(H,24,27). The number of methoxy groups -OCH3 is 1. The van der Waals surface area contributed by atoms with Gasteiger partial charge in [0.2, 0.25) is 0 Å². The number of likely N-dealkylation sites (tertiary alicyclic amines) is 1. The van der Waals surface area contributed by atoms with E-state index >= 15 is 0 Å². The number of phenols is 1. The third kappa shape index (κ3) is 4.67. The second kappa shape index (κ2) is 9.43. The van der Waals surface area contributed by atoms with Gasteiger partial charge in [0.05, 0.1) is 11.6 Å². The molecule has 0 saturated carbocycles. The molecule has 1 heterocycles. The molecule has 0 atom stereocenters. The molecule has 2 aromatic carbocycles. The van der Waals surface area contributed by atoms with Crippen molar-refractivity contribution in [3.05, 3.63) is 57.6 Å². The van der Waals surface area contributed by atoms with Crippen molar-refractivity contribution in [1.82, 2.24) is 10.2 Å². The Labute approximate surface area is 174 Å². The van der Waals surface area contributed by atoms with Crippen LogP contribution in [0.4, 0.5) is 0 Å². The number of phenolic OH excluding ortho intramolecular Hbond substituents is 1. The van der Waals surface area contributed by atoms with Gasteiger partial charge in [0, 0.05) is 25.7 Å². The summed E-state index contributed by atoms with van der Waals surface area (Å²) in [4.78, 5) is 15.3. The number of carbonyl (C=O) groups is 1. The zero-order valence-electron chi connectivity index (χ0n) is 16.4. The summed E-state index contributed by atoms with van der Waals surface area (Å²) < 4.78 is 6.05. The molecule has 0 spiro atoms. The van der Waals surface area contributed by atoms with E-state index in [-0.39, 0.29) is 23.3 Å². The van der Waals surface area contributed by atoms with Gasteiger partial charge in [-0.15, -0.1) is 0 Å². The number of rotatable bonds is 6. The molecule has 3 rings (SSSR count). The minimum absolute atomic E-state index is 0.00145. The van der Waals surface area contributed by atoms with Gasteiger partial charge in [0.15, 0.2) is 0 Å². The number of nitrogens with zero attached hydrogens (tertiary/aromatic N) is 1. The molecule has 1 aliphatic rings. The molecule has 1 saturated heterocycles. The molecular weight excluding hydrogens is 420 g/mol. The lowest BCUT2D eigenvalue weighted by Crippen LogP contribution is -2.44. The third-order valence-corrected chi connectivity index (χ3v) is 5.86. The van der Waals surface area contributed by atoms with Crippen molar-refractivity contribution in [2.24, 2.45) is 0 Å². The van der Waals surface area contributed by atoms with Crippen molar-refractivity contribution >= 4 is 21.8 Å². The fraction of sp³-hybridized carbons (Fsp3) is 0.409. The third-order valence-electron chi connectivity index (χ3n) is 5.27. The normalized spacial score (nSPS) is 15.4. The van der Waals surface area contributed by atoms with Crippen LogP contribution in [0.5, 0.6) is 11.5 Å². The topological polar surface area (TPSA) is 61.8 Å². The summed E-state index contributed by atoms with van der Waals surface area (Å²) in [5.74, 6) is 0.0853. The Morgan fingerprint density at radius 2 is 1.96 bits per heavy atom. The fourth-order valence-electron chi connectivity index (χ4n) is 3.69. The van der Waals surface area contributed by atoms with E-state index in [2.05, 4.69) is 50.4 Å². The van der Waals surface area contributed by atoms with Crippen molar-refractivity contribution in [2.45, 2.75) is 38.8 Å². The van der Waals surface area contributed by atoms with Crippen LogP contribution in [0.15, 0.2) is 40.9 Å². The molecule has 0 unspecified atom stereocenters. The Hall–Kier alpha value is -2.05. The van der Waals surface area contributed by atoms with Gasteiger partial charge in [-0.2, -0.15) is 0 Å². The van der Waals surface area contributed by atoms with E-state index in [1.165, 1.54) is 12.7 Å². The van der Waals surface area contributed by atoms with Gasteiger partial charge < -0.3 is 15.2 Å². The van der Waals surface area contributed by atoms with Gasteiger partial charge in [0.25, 0.3) is 5.91 Å². The number of nitrogens with one attached hydrogen (secondary N) is 1. The Morgan fingerprint density at radius 1 is 1.29 bits per heavy atom. The lowest BCUT2D eigenvalue weighted by molar-refractivity contribution is 0.0902. The Morgan fingerprint density at radius 3 is 2.57 bits per heavy atom. The summed E-state index contributed by atoms with van der Waals surface area (Å²) >= 11 is 3.44. The molecule has 6 heteroatoms. The smallest absolute Gasteiger partial charge is 0.259 e. The van der Waals surface area contributed by atoms with Crippen LogP contribution in [-0.4, -0.2) is 42.2 Å². The highest BCUT2D eigenvalue weighted by Crippen LogP contribution is 2.38. The molecule has 1 fully saturated rings. The maximum Gasteiger partial charge on any atom is 0.259 e. The van der Waals surface area contributed by atoms with Crippen molar-refractivity contribution in [2.75, 3.05) is 20.2 Å². The van der Waals surface area contributed by atoms with E-state index in [4.69, 9.17) is 4.74 Å². The second-order valence-electron chi connectivity index (χ2n) is 7.14. The summed E-state index contributed by atoms with van der Waals surface area (Å²) in [6.45, 7) is 4.74. The van der Waals surface area contributed by atoms with E-state index in [9.17, 15) is 9.90 Å².